The molecule has 1 aromatic rings. The summed E-state index contributed by atoms with van der Waals surface area (Å²) in [6.45, 7) is 2.07. The maximum Gasteiger partial charge on any atom is 0.216 e. The molecule has 4 nitrogen and oxygen atoms in total. The minimum Gasteiger partial charge on any atom is -0.389 e. The molecule has 0 aliphatic heterocycles. The summed E-state index contributed by atoms with van der Waals surface area (Å²) in [5.41, 5.74) is 6.94. The van der Waals surface area contributed by atoms with Gasteiger partial charge in [-0.15, -0.1) is 0 Å². The predicted molar refractivity (Wildman–Crippen MR) is 80.3 cm³/mol. The Labute approximate surface area is 119 Å². The van der Waals surface area contributed by atoms with Crippen LogP contribution in [0.25, 0.3) is 0 Å². The highest BCUT2D eigenvalue weighted by atomic mass is 32.2. The molecule has 0 bridgehead atoms. The minimum atomic E-state index is -3.29. The van der Waals surface area contributed by atoms with Crippen LogP contribution in [0.15, 0.2) is 24.3 Å². The van der Waals surface area contributed by atoms with Crippen molar-refractivity contribution in [3.63, 3.8) is 0 Å². The third kappa shape index (κ3) is 3.99. The number of hydrogen-bond acceptors (Lipinski definition) is 3. The first kappa shape index (κ1) is 14.4. The van der Waals surface area contributed by atoms with Gasteiger partial charge in [0.1, 0.15) is 4.99 Å². The zero-order valence-corrected chi connectivity index (χ0v) is 12.4. The van der Waals surface area contributed by atoms with Crippen LogP contribution in [0.2, 0.25) is 0 Å². The Hall–Kier alpha value is -0.980. The van der Waals surface area contributed by atoms with Crippen LogP contribution < -0.4 is 10.5 Å². The Kier molecular flexibility index (Phi) is 4.23. The Morgan fingerprint density at radius 3 is 2.84 bits per heavy atom. The molecule has 1 fully saturated rings. The highest BCUT2D eigenvalue weighted by Crippen LogP contribution is 2.33. The molecule has 0 radical (unpaired) electrons. The minimum absolute atomic E-state index is 0.0314. The fourth-order valence-corrected chi connectivity index (χ4v) is 3.73. The van der Waals surface area contributed by atoms with E-state index in [0.29, 0.717) is 17.0 Å². The molecule has 3 N–H and O–H groups in total. The Morgan fingerprint density at radius 2 is 2.26 bits per heavy atom. The monoisotopic (exact) mass is 298 g/mol. The first-order valence-corrected chi connectivity index (χ1v) is 8.36. The quantitative estimate of drug-likeness (QED) is 0.781. The second-order valence-corrected chi connectivity index (χ2v) is 7.15. The van der Waals surface area contributed by atoms with Gasteiger partial charge < -0.3 is 5.73 Å². The van der Waals surface area contributed by atoms with Crippen LogP contribution in [0.1, 0.15) is 30.9 Å². The maximum atomic E-state index is 12.0. The van der Waals surface area contributed by atoms with E-state index in [9.17, 15) is 8.42 Å². The molecule has 0 spiro atoms. The fourth-order valence-electron chi connectivity index (χ4n) is 2.15. The molecule has 0 heterocycles. The van der Waals surface area contributed by atoms with Gasteiger partial charge in [-0.3, -0.25) is 0 Å². The van der Waals surface area contributed by atoms with Gasteiger partial charge in [0.25, 0.3) is 0 Å². The van der Waals surface area contributed by atoms with Crippen LogP contribution in [-0.4, -0.2) is 19.4 Å². The molecule has 0 aromatic heterocycles. The molecule has 2 rings (SSSR count). The van der Waals surface area contributed by atoms with Crippen molar-refractivity contribution in [3.8, 4) is 0 Å². The third-order valence-corrected chi connectivity index (χ3v) is 4.96. The summed E-state index contributed by atoms with van der Waals surface area (Å²) in [5, 5.41) is 0. The van der Waals surface area contributed by atoms with Gasteiger partial charge in [0.2, 0.25) is 10.0 Å². The molecule has 104 valence electrons. The highest BCUT2D eigenvalue weighted by Gasteiger charge is 2.38. The summed E-state index contributed by atoms with van der Waals surface area (Å²) in [4.78, 5) is 0.278. The van der Waals surface area contributed by atoms with Gasteiger partial charge >= 0.3 is 0 Å². The molecule has 1 saturated carbocycles. The van der Waals surface area contributed by atoms with Gasteiger partial charge in [-0.2, -0.15) is 0 Å². The van der Waals surface area contributed by atoms with E-state index in [0.717, 1.165) is 12.8 Å². The summed E-state index contributed by atoms with van der Waals surface area (Å²) >= 11 is 4.89. The molecule has 19 heavy (non-hydrogen) atoms. The van der Waals surface area contributed by atoms with Crippen molar-refractivity contribution in [3.05, 3.63) is 35.4 Å². The average molecular weight is 298 g/mol. The van der Waals surface area contributed by atoms with Gasteiger partial charge in [-0.1, -0.05) is 43.8 Å². The van der Waals surface area contributed by atoms with Gasteiger partial charge in [-0.05, 0) is 24.0 Å². The first-order chi connectivity index (χ1) is 8.91. The van der Waals surface area contributed by atoms with Crippen molar-refractivity contribution in [1.29, 1.82) is 0 Å². The van der Waals surface area contributed by atoms with E-state index in [1.54, 1.807) is 24.3 Å². The number of sulfonamides is 1. The standard InChI is InChI=1S/C13H18N2O2S2/c1-2-10-7-12(10)15-19(16,17)8-9-4-3-5-11(6-9)13(14)18/h3-6,10,12,15H,2,7-8H2,1H3,(H2,14,18). The van der Waals surface area contributed by atoms with E-state index in [1.807, 2.05) is 0 Å². The van der Waals surface area contributed by atoms with Crippen LogP contribution in [0.3, 0.4) is 0 Å². The number of benzene rings is 1. The van der Waals surface area contributed by atoms with Gasteiger partial charge in [0, 0.05) is 11.6 Å². The fraction of sp³-hybridized carbons (Fsp3) is 0.462. The van der Waals surface area contributed by atoms with Crippen molar-refractivity contribution in [2.45, 2.75) is 31.6 Å². The molecule has 0 saturated heterocycles. The SMILES string of the molecule is CCC1CC1NS(=O)(=O)Cc1cccc(C(N)=S)c1. The third-order valence-electron chi connectivity index (χ3n) is 3.35. The number of rotatable bonds is 6. The lowest BCUT2D eigenvalue weighted by molar-refractivity contribution is 0.575. The van der Waals surface area contributed by atoms with Crippen molar-refractivity contribution in [1.82, 2.24) is 4.72 Å². The molecule has 1 aliphatic carbocycles. The first-order valence-electron chi connectivity index (χ1n) is 6.30. The van der Waals surface area contributed by atoms with Crippen molar-refractivity contribution >= 4 is 27.2 Å². The molecule has 2 atom stereocenters. The van der Waals surface area contributed by atoms with E-state index in [2.05, 4.69) is 11.6 Å². The lowest BCUT2D eigenvalue weighted by atomic mass is 10.1. The summed E-state index contributed by atoms with van der Waals surface area (Å²) in [5.74, 6) is 0.467. The van der Waals surface area contributed by atoms with Crippen molar-refractivity contribution in [2.24, 2.45) is 11.7 Å². The van der Waals surface area contributed by atoms with Crippen LogP contribution in [-0.2, 0) is 15.8 Å². The Balaban J connectivity index is 2.03. The van der Waals surface area contributed by atoms with E-state index in [4.69, 9.17) is 18.0 Å². The molecule has 1 aliphatic rings. The predicted octanol–water partition coefficient (Wildman–Crippen LogP) is 1.54. The molecular formula is C13H18N2O2S2. The average Bonchev–Trinajstić information content (AvgIpc) is 3.06. The summed E-state index contributed by atoms with van der Waals surface area (Å²) in [6.07, 6.45) is 1.97. The second-order valence-electron chi connectivity index (χ2n) is 4.95. The Morgan fingerprint density at radius 1 is 1.53 bits per heavy atom. The Bertz CT molecular complexity index is 584. The topological polar surface area (TPSA) is 72.2 Å². The lowest BCUT2D eigenvalue weighted by Crippen LogP contribution is -2.28. The number of thiocarbonyl (C=S) groups is 1. The van der Waals surface area contributed by atoms with Crippen molar-refractivity contribution < 1.29 is 8.42 Å². The molecular weight excluding hydrogens is 280 g/mol. The van der Waals surface area contributed by atoms with Gasteiger partial charge in [-0.25, -0.2) is 13.1 Å². The van der Waals surface area contributed by atoms with Crippen LogP contribution in [0, 0.1) is 5.92 Å². The van der Waals surface area contributed by atoms with E-state index in [1.165, 1.54) is 0 Å². The van der Waals surface area contributed by atoms with Crippen LogP contribution >= 0.6 is 12.2 Å². The zero-order chi connectivity index (χ0) is 14.0. The highest BCUT2D eigenvalue weighted by molar-refractivity contribution is 7.88. The van der Waals surface area contributed by atoms with Crippen molar-refractivity contribution in [2.75, 3.05) is 0 Å². The van der Waals surface area contributed by atoms with Crippen LogP contribution in [0.4, 0.5) is 0 Å². The van der Waals surface area contributed by atoms with Gasteiger partial charge in [0.05, 0.1) is 5.75 Å². The maximum absolute atomic E-state index is 12.0. The van der Waals surface area contributed by atoms with Crippen LogP contribution in [0.5, 0.6) is 0 Å². The number of nitrogens with one attached hydrogen (secondary N) is 1. The lowest BCUT2D eigenvalue weighted by Gasteiger charge is -2.07. The molecule has 2 unspecified atom stereocenters. The van der Waals surface area contributed by atoms with E-state index >= 15 is 0 Å². The number of hydrogen-bond donors (Lipinski definition) is 2. The van der Waals surface area contributed by atoms with E-state index in [-0.39, 0.29) is 16.8 Å². The molecule has 0 amide bonds. The zero-order valence-electron chi connectivity index (χ0n) is 10.8. The molecule has 6 heteroatoms. The second kappa shape index (κ2) is 5.56. The summed E-state index contributed by atoms with van der Waals surface area (Å²) in [7, 11) is -3.29. The summed E-state index contributed by atoms with van der Waals surface area (Å²) < 4.78 is 26.8. The van der Waals surface area contributed by atoms with Gasteiger partial charge in [0.15, 0.2) is 0 Å². The normalized spacial score (nSPS) is 22.2. The van der Waals surface area contributed by atoms with E-state index < -0.39 is 10.0 Å². The summed E-state index contributed by atoms with van der Waals surface area (Å²) in [6, 6.07) is 7.16. The number of nitrogens with two attached hydrogens (primary N) is 1. The smallest absolute Gasteiger partial charge is 0.216 e. The largest absolute Gasteiger partial charge is 0.389 e. The molecule has 1 aromatic carbocycles.